The number of aromatic nitrogens is 1. The first-order valence-electron chi connectivity index (χ1n) is 20.1. The summed E-state index contributed by atoms with van der Waals surface area (Å²) in [4.78, 5) is 43.7. The Morgan fingerprint density at radius 1 is 0.867 bits per heavy atom. The molecule has 7 rings (SSSR count). The van der Waals surface area contributed by atoms with E-state index in [4.69, 9.17) is 14.2 Å². The minimum Gasteiger partial charge on any atom is -0.506 e. The Morgan fingerprint density at radius 2 is 1.62 bits per heavy atom. The van der Waals surface area contributed by atoms with Crippen LogP contribution in [0.1, 0.15) is 52.7 Å². The summed E-state index contributed by atoms with van der Waals surface area (Å²) in [5.74, 6) is -0.172. The number of nitrogens with zero attached hydrogens (tertiary/aromatic N) is 1. The number of hydrogen-bond acceptors (Lipinski definition) is 10. The van der Waals surface area contributed by atoms with Gasteiger partial charge in [-0.3, -0.25) is 19.3 Å². The van der Waals surface area contributed by atoms with Crippen LogP contribution in [-0.2, 0) is 27.4 Å². The molecule has 2 atom stereocenters. The summed E-state index contributed by atoms with van der Waals surface area (Å²) in [5.41, 5.74) is 4.60. The maximum absolute atomic E-state index is 13.8. The Hall–Kier alpha value is -6.47. The summed E-state index contributed by atoms with van der Waals surface area (Å²) in [6.45, 7) is 3.48. The van der Waals surface area contributed by atoms with Gasteiger partial charge in [0, 0.05) is 48.4 Å². The number of H-pyrrole nitrogens is 1. The number of aliphatic hydroxyl groups is 1. The van der Waals surface area contributed by atoms with Gasteiger partial charge in [0.2, 0.25) is 5.56 Å². The highest BCUT2D eigenvalue weighted by molar-refractivity contribution is 5.92. The molecule has 12 nitrogen and oxygen atoms in total. The minimum atomic E-state index is -0.924. The lowest BCUT2D eigenvalue weighted by molar-refractivity contribution is -0.146. The summed E-state index contributed by atoms with van der Waals surface area (Å²) in [5, 5.41) is 27.7. The van der Waals surface area contributed by atoms with Crippen LogP contribution in [0.4, 0.5) is 5.69 Å². The van der Waals surface area contributed by atoms with Crippen molar-refractivity contribution in [3.05, 3.63) is 166 Å². The first-order valence-corrected chi connectivity index (χ1v) is 20.1. The Bertz CT molecular complexity index is 2430. The topological polar surface area (TPSA) is 162 Å². The molecule has 5 N–H and O–H groups in total. The maximum Gasteiger partial charge on any atom is 0.317 e. The molecule has 0 aliphatic carbocycles. The van der Waals surface area contributed by atoms with Gasteiger partial charge in [0.1, 0.15) is 23.2 Å². The molecular formula is C48H50N4O8. The van der Waals surface area contributed by atoms with E-state index in [0.29, 0.717) is 52.8 Å². The van der Waals surface area contributed by atoms with E-state index < -0.39 is 12.0 Å². The number of aromatic hydroxyl groups is 1. The Kier molecular flexibility index (Phi) is 13.9. The molecule has 1 fully saturated rings. The number of phenols is 1. The molecule has 60 heavy (non-hydrogen) atoms. The standard InChI is InChI=1S/C48H50N4O8/c1-58-43-26-37(16-15-36(43)27-49-28-42(54)39-17-19-41(53)47-40(39)18-20-44(55)51-47)50-45(56)31-59-38-14-8-13-35(25-38)46(34-11-6-3-7-12-34)48(57)60-30-33-21-23-52(24-22-33)29-32-9-4-2-5-10-32/h2-20,25-26,33,42,46,49,53-54H,21-24,27-31H2,1H3,(H,50,56)(H,51,55)/t42-,46?/m0/s1. The Morgan fingerprint density at radius 3 is 2.38 bits per heavy atom. The molecule has 1 aromatic heterocycles. The van der Waals surface area contributed by atoms with Crippen molar-refractivity contribution in [3.63, 3.8) is 0 Å². The summed E-state index contributed by atoms with van der Waals surface area (Å²) in [6, 6.07) is 38.5. The summed E-state index contributed by atoms with van der Waals surface area (Å²) in [7, 11) is 1.54. The number of rotatable bonds is 17. The SMILES string of the molecule is COc1cc(NC(=O)COc2cccc(C(C(=O)OCC3CCN(Cc4ccccc4)CC3)c3ccccc3)c2)ccc1CNC[C@H](O)c1ccc(O)c2[nH]c(=O)ccc12. The van der Waals surface area contributed by atoms with Gasteiger partial charge >= 0.3 is 5.97 Å². The number of hydrogen-bond donors (Lipinski definition) is 5. The molecule has 0 saturated carbocycles. The molecule has 1 aliphatic heterocycles. The van der Waals surface area contributed by atoms with Crippen LogP contribution in [-0.4, -0.2) is 71.9 Å². The smallest absolute Gasteiger partial charge is 0.317 e. The molecule has 310 valence electrons. The molecule has 1 saturated heterocycles. The average molecular weight is 811 g/mol. The fourth-order valence-electron chi connectivity index (χ4n) is 7.65. The number of benzene rings is 5. The van der Waals surface area contributed by atoms with E-state index in [0.717, 1.165) is 43.6 Å². The lowest BCUT2D eigenvalue weighted by Crippen LogP contribution is -2.35. The zero-order chi connectivity index (χ0) is 41.8. The third-order valence-electron chi connectivity index (χ3n) is 10.8. The van der Waals surface area contributed by atoms with Gasteiger partial charge in [0.15, 0.2) is 6.61 Å². The first-order chi connectivity index (χ1) is 29.2. The van der Waals surface area contributed by atoms with E-state index >= 15 is 0 Å². The number of anilines is 1. The number of ether oxygens (including phenoxy) is 3. The normalized spacial score (nSPS) is 14.3. The van der Waals surface area contributed by atoms with Gasteiger partial charge in [-0.1, -0.05) is 84.9 Å². The molecule has 5 aromatic carbocycles. The molecule has 1 aliphatic rings. The third kappa shape index (κ3) is 10.8. The number of amides is 1. The second-order valence-electron chi connectivity index (χ2n) is 15.0. The number of esters is 1. The number of nitrogens with one attached hydrogen (secondary N) is 3. The van der Waals surface area contributed by atoms with E-state index in [9.17, 15) is 24.6 Å². The van der Waals surface area contributed by atoms with Gasteiger partial charge in [0.25, 0.3) is 5.91 Å². The fraction of sp³-hybridized carbons (Fsp3) is 0.271. The van der Waals surface area contributed by atoms with Crippen LogP contribution in [0, 0.1) is 5.92 Å². The number of phenolic OH excluding ortho intramolecular Hbond substituents is 1. The second-order valence-corrected chi connectivity index (χ2v) is 15.0. The number of methoxy groups -OCH3 is 1. The molecule has 12 heteroatoms. The monoisotopic (exact) mass is 810 g/mol. The van der Waals surface area contributed by atoms with Gasteiger partial charge in [-0.05, 0) is 84.4 Å². The van der Waals surface area contributed by atoms with Gasteiger partial charge in [-0.25, -0.2) is 0 Å². The number of fused-ring (bicyclic) bond motifs is 1. The molecule has 1 unspecified atom stereocenters. The van der Waals surface area contributed by atoms with Crippen molar-refractivity contribution in [3.8, 4) is 17.2 Å². The number of carbonyl (C=O) groups is 2. The van der Waals surface area contributed by atoms with Crippen molar-refractivity contribution in [1.82, 2.24) is 15.2 Å². The highest BCUT2D eigenvalue weighted by Crippen LogP contribution is 2.31. The van der Waals surface area contributed by atoms with Gasteiger partial charge < -0.3 is 40.0 Å². The first kappa shape index (κ1) is 41.7. The maximum atomic E-state index is 13.8. The van der Waals surface area contributed by atoms with Crippen LogP contribution in [0.15, 0.2) is 132 Å². The van der Waals surface area contributed by atoms with Crippen molar-refractivity contribution in [2.24, 2.45) is 5.92 Å². The number of aromatic amines is 1. The molecule has 2 heterocycles. The van der Waals surface area contributed by atoms with Crippen molar-refractivity contribution in [2.75, 3.05) is 45.3 Å². The largest absolute Gasteiger partial charge is 0.506 e. The van der Waals surface area contributed by atoms with Crippen LogP contribution in [0.2, 0.25) is 0 Å². The number of piperidine rings is 1. The number of likely N-dealkylation sites (tertiary alicyclic amines) is 1. The lowest BCUT2D eigenvalue weighted by atomic mass is 9.91. The van der Waals surface area contributed by atoms with Crippen molar-refractivity contribution in [1.29, 1.82) is 0 Å². The number of pyridine rings is 1. The van der Waals surface area contributed by atoms with E-state index in [1.807, 2.05) is 48.5 Å². The molecule has 1 amide bonds. The molecule has 0 spiro atoms. The third-order valence-corrected chi connectivity index (χ3v) is 10.8. The predicted octanol–water partition coefficient (Wildman–Crippen LogP) is 6.67. The molecule has 0 radical (unpaired) electrons. The zero-order valence-corrected chi connectivity index (χ0v) is 33.5. The van der Waals surface area contributed by atoms with Crippen molar-refractivity contribution < 1.29 is 34.0 Å². The highest BCUT2D eigenvalue weighted by Gasteiger charge is 2.27. The van der Waals surface area contributed by atoms with Crippen molar-refractivity contribution in [2.45, 2.75) is 38.0 Å². The van der Waals surface area contributed by atoms with Crippen LogP contribution in [0.3, 0.4) is 0 Å². The zero-order valence-electron chi connectivity index (χ0n) is 33.5. The lowest BCUT2D eigenvalue weighted by Gasteiger charge is -2.32. The van der Waals surface area contributed by atoms with Crippen LogP contribution in [0.25, 0.3) is 10.9 Å². The minimum absolute atomic E-state index is 0.0764. The van der Waals surface area contributed by atoms with Crippen LogP contribution < -0.4 is 25.7 Å². The average Bonchev–Trinajstić information content (AvgIpc) is 3.27. The summed E-state index contributed by atoms with van der Waals surface area (Å²) >= 11 is 0. The van der Waals surface area contributed by atoms with Gasteiger partial charge in [0.05, 0.1) is 25.3 Å². The predicted molar refractivity (Wildman–Crippen MR) is 230 cm³/mol. The van der Waals surface area contributed by atoms with Gasteiger partial charge in [-0.2, -0.15) is 0 Å². The second kappa shape index (κ2) is 20.0. The molecule has 0 bridgehead atoms. The summed E-state index contributed by atoms with van der Waals surface area (Å²) < 4.78 is 17.5. The summed E-state index contributed by atoms with van der Waals surface area (Å²) in [6.07, 6.45) is 1.01. The van der Waals surface area contributed by atoms with E-state index in [2.05, 4.69) is 44.8 Å². The number of aliphatic hydroxyl groups excluding tert-OH is 1. The van der Waals surface area contributed by atoms with Gasteiger partial charge in [-0.15, -0.1) is 0 Å². The number of carbonyl (C=O) groups excluding carboxylic acids is 2. The highest BCUT2D eigenvalue weighted by atomic mass is 16.5. The molecular weight excluding hydrogens is 761 g/mol. The Balaban J connectivity index is 0.911. The van der Waals surface area contributed by atoms with Crippen LogP contribution >= 0.6 is 0 Å². The fourth-order valence-corrected chi connectivity index (χ4v) is 7.65. The van der Waals surface area contributed by atoms with E-state index in [1.165, 1.54) is 24.8 Å². The molecule has 6 aromatic rings. The van der Waals surface area contributed by atoms with Crippen molar-refractivity contribution >= 4 is 28.5 Å². The Labute approximate surface area is 348 Å². The van der Waals surface area contributed by atoms with Crippen LogP contribution in [0.5, 0.6) is 17.2 Å². The quantitative estimate of drug-likeness (QED) is 0.0630. The van der Waals surface area contributed by atoms with E-state index in [1.54, 1.807) is 42.5 Å². The van der Waals surface area contributed by atoms with E-state index in [-0.39, 0.29) is 41.9 Å².